The smallest absolute Gasteiger partial charge is 0.274 e. The van der Waals surface area contributed by atoms with Crippen LogP contribution in [0.4, 0.5) is 5.69 Å². The van der Waals surface area contributed by atoms with E-state index in [1.165, 1.54) is 33.5 Å². The maximum Gasteiger partial charge on any atom is 0.274 e. The largest absolute Gasteiger partial charge is 0.497 e. The van der Waals surface area contributed by atoms with E-state index in [-0.39, 0.29) is 22.3 Å². The quantitative estimate of drug-likeness (QED) is 0.656. The van der Waals surface area contributed by atoms with E-state index in [1.54, 1.807) is 30.3 Å². The summed E-state index contributed by atoms with van der Waals surface area (Å²) in [6, 6.07) is 10.9. The topological polar surface area (TPSA) is 82.1 Å². The third-order valence-corrected chi connectivity index (χ3v) is 7.10. The van der Waals surface area contributed by atoms with Gasteiger partial charge in [-0.15, -0.1) is 0 Å². The van der Waals surface area contributed by atoms with Gasteiger partial charge in [0.05, 0.1) is 27.0 Å². The fraction of sp³-hybridized carbons (Fsp3) is 0.409. The summed E-state index contributed by atoms with van der Waals surface area (Å²) in [7, 11) is 0.107. The molecular formula is C22H27NO6S. The molecule has 1 aliphatic rings. The molecule has 0 aliphatic heterocycles. The van der Waals surface area contributed by atoms with E-state index < -0.39 is 15.9 Å². The SMILES string of the molecule is COc1ccc(N(C(=O)C2CCCCC2)S(=O)(=O)c2cc(OC)ccc2OC)cc1. The Labute approximate surface area is 177 Å². The molecule has 1 amide bonds. The van der Waals surface area contributed by atoms with Crippen molar-refractivity contribution in [3.05, 3.63) is 42.5 Å². The van der Waals surface area contributed by atoms with Crippen molar-refractivity contribution in [2.45, 2.75) is 37.0 Å². The van der Waals surface area contributed by atoms with E-state index in [4.69, 9.17) is 14.2 Å². The summed E-state index contributed by atoms with van der Waals surface area (Å²) in [6.07, 6.45) is 4.24. The Bertz CT molecular complexity index is 981. The van der Waals surface area contributed by atoms with Crippen molar-refractivity contribution < 1.29 is 27.4 Å². The lowest BCUT2D eigenvalue weighted by atomic mass is 9.88. The number of carbonyl (C=O) groups excluding carboxylic acids is 1. The van der Waals surface area contributed by atoms with Crippen molar-refractivity contribution >= 4 is 21.6 Å². The van der Waals surface area contributed by atoms with Crippen LogP contribution in [0.25, 0.3) is 0 Å². The molecule has 0 heterocycles. The van der Waals surface area contributed by atoms with Gasteiger partial charge in [0, 0.05) is 12.0 Å². The number of nitrogens with zero attached hydrogens (tertiary/aromatic N) is 1. The van der Waals surface area contributed by atoms with Crippen molar-refractivity contribution in [2.75, 3.05) is 25.6 Å². The van der Waals surface area contributed by atoms with Crippen LogP contribution < -0.4 is 18.5 Å². The number of benzene rings is 2. The van der Waals surface area contributed by atoms with Crippen molar-refractivity contribution in [1.29, 1.82) is 0 Å². The van der Waals surface area contributed by atoms with Crippen LogP contribution in [-0.2, 0) is 14.8 Å². The van der Waals surface area contributed by atoms with Gasteiger partial charge in [0.2, 0.25) is 5.91 Å². The molecule has 1 fully saturated rings. The van der Waals surface area contributed by atoms with Gasteiger partial charge in [-0.3, -0.25) is 4.79 Å². The van der Waals surface area contributed by atoms with Crippen molar-refractivity contribution in [1.82, 2.24) is 0 Å². The number of carbonyl (C=O) groups is 1. The minimum absolute atomic E-state index is 0.121. The zero-order valence-electron chi connectivity index (χ0n) is 17.5. The van der Waals surface area contributed by atoms with E-state index in [9.17, 15) is 13.2 Å². The van der Waals surface area contributed by atoms with Crippen LogP contribution in [0.1, 0.15) is 32.1 Å². The lowest BCUT2D eigenvalue weighted by Crippen LogP contribution is -2.41. The maximum absolute atomic E-state index is 13.8. The molecule has 0 aromatic heterocycles. The molecule has 2 aromatic rings. The van der Waals surface area contributed by atoms with Crippen molar-refractivity contribution in [3.8, 4) is 17.2 Å². The minimum Gasteiger partial charge on any atom is -0.497 e. The lowest BCUT2D eigenvalue weighted by molar-refractivity contribution is -0.122. The second-order valence-corrected chi connectivity index (χ2v) is 8.91. The van der Waals surface area contributed by atoms with Gasteiger partial charge in [0.1, 0.15) is 22.1 Å². The number of amides is 1. The average Bonchev–Trinajstić information content (AvgIpc) is 2.79. The van der Waals surface area contributed by atoms with Gasteiger partial charge in [0.25, 0.3) is 10.0 Å². The van der Waals surface area contributed by atoms with Gasteiger partial charge in [-0.2, -0.15) is 0 Å². The van der Waals surface area contributed by atoms with Crippen molar-refractivity contribution in [2.24, 2.45) is 5.92 Å². The van der Waals surface area contributed by atoms with E-state index in [2.05, 4.69) is 0 Å². The number of sulfonamides is 1. The van der Waals surface area contributed by atoms with Gasteiger partial charge < -0.3 is 14.2 Å². The third kappa shape index (κ3) is 4.38. The Hall–Kier alpha value is -2.74. The Morgan fingerprint density at radius 2 is 1.47 bits per heavy atom. The molecule has 0 radical (unpaired) electrons. The van der Waals surface area contributed by atoms with Gasteiger partial charge in [-0.25, -0.2) is 12.7 Å². The lowest BCUT2D eigenvalue weighted by Gasteiger charge is -2.29. The van der Waals surface area contributed by atoms with Gasteiger partial charge in [-0.05, 0) is 49.2 Å². The molecule has 1 saturated carbocycles. The summed E-state index contributed by atoms with van der Waals surface area (Å²) >= 11 is 0. The van der Waals surface area contributed by atoms with Crippen LogP contribution >= 0.6 is 0 Å². The fourth-order valence-electron chi connectivity index (χ4n) is 3.70. The average molecular weight is 434 g/mol. The molecule has 8 heteroatoms. The molecule has 7 nitrogen and oxygen atoms in total. The molecule has 3 rings (SSSR count). The molecular weight excluding hydrogens is 406 g/mol. The van der Waals surface area contributed by atoms with E-state index in [0.29, 0.717) is 24.3 Å². The summed E-state index contributed by atoms with van der Waals surface area (Å²) in [5.41, 5.74) is 0.260. The number of anilines is 1. The summed E-state index contributed by atoms with van der Waals surface area (Å²) < 4.78 is 44.1. The highest BCUT2D eigenvalue weighted by Gasteiger charge is 2.37. The first-order valence-corrected chi connectivity index (χ1v) is 11.3. The first-order valence-electron chi connectivity index (χ1n) is 9.87. The normalized spacial score (nSPS) is 14.8. The maximum atomic E-state index is 13.8. The molecule has 162 valence electrons. The predicted molar refractivity (Wildman–Crippen MR) is 114 cm³/mol. The molecule has 0 unspecified atom stereocenters. The first kappa shape index (κ1) is 22.0. The highest BCUT2D eigenvalue weighted by molar-refractivity contribution is 7.93. The van der Waals surface area contributed by atoms with Gasteiger partial charge in [-0.1, -0.05) is 19.3 Å². The van der Waals surface area contributed by atoms with Crippen LogP contribution in [0.5, 0.6) is 17.2 Å². The summed E-state index contributed by atoms with van der Waals surface area (Å²) in [4.78, 5) is 13.3. The second kappa shape index (κ2) is 9.38. The van der Waals surface area contributed by atoms with Crippen LogP contribution in [-0.4, -0.2) is 35.7 Å². The molecule has 30 heavy (non-hydrogen) atoms. The number of hydrogen-bond donors (Lipinski definition) is 0. The summed E-state index contributed by atoms with van der Waals surface area (Å²) in [5, 5.41) is 0. The third-order valence-electron chi connectivity index (χ3n) is 5.35. The fourth-order valence-corrected chi connectivity index (χ4v) is 5.35. The molecule has 2 aromatic carbocycles. The predicted octanol–water partition coefficient (Wildman–Crippen LogP) is 4.01. The summed E-state index contributed by atoms with van der Waals surface area (Å²) in [5.74, 6) is 0.303. The van der Waals surface area contributed by atoms with Crippen LogP contribution in [0, 0.1) is 5.92 Å². The van der Waals surface area contributed by atoms with Crippen LogP contribution in [0.15, 0.2) is 47.4 Å². The van der Waals surface area contributed by atoms with Gasteiger partial charge in [0.15, 0.2) is 0 Å². The van der Waals surface area contributed by atoms with E-state index in [0.717, 1.165) is 23.6 Å². The Balaban J connectivity index is 2.13. The van der Waals surface area contributed by atoms with Gasteiger partial charge >= 0.3 is 0 Å². The zero-order chi connectivity index (χ0) is 21.7. The van der Waals surface area contributed by atoms with Crippen LogP contribution in [0.2, 0.25) is 0 Å². The molecule has 0 atom stereocenters. The molecule has 0 bridgehead atoms. The van der Waals surface area contributed by atoms with Crippen LogP contribution in [0.3, 0.4) is 0 Å². The summed E-state index contributed by atoms with van der Waals surface area (Å²) in [6.45, 7) is 0. The highest BCUT2D eigenvalue weighted by atomic mass is 32.2. The standard InChI is InChI=1S/C22H27NO6S/c1-27-18-11-9-17(10-12-18)23(22(24)16-7-5-4-6-8-16)30(25,26)21-15-19(28-2)13-14-20(21)29-3/h9-16H,4-8H2,1-3H3. The number of ether oxygens (including phenoxy) is 3. The monoisotopic (exact) mass is 433 g/mol. The van der Waals surface area contributed by atoms with E-state index >= 15 is 0 Å². The number of hydrogen-bond acceptors (Lipinski definition) is 6. The molecule has 0 saturated heterocycles. The molecule has 1 aliphatic carbocycles. The van der Waals surface area contributed by atoms with E-state index in [1.807, 2.05) is 0 Å². The minimum atomic E-state index is -4.26. The second-order valence-electron chi connectivity index (χ2n) is 7.16. The highest BCUT2D eigenvalue weighted by Crippen LogP contribution is 2.36. The first-order chi connectivity index (χ1) is 14.4. The Morgan fingerprint density at radius 1 is 0.867 bits per heavy atom. The Morgan fingerprint density at radius 3 is 2.03 bits per heavy atom. The Kier molecular flexibility index (Phi) is 6.87. The zero-order valence-corrected chi connectivity index (χ0v) is 18.3. The number of rotatable bonds is 7. The van der Waals surface area contributed by atoms with Crippen molar-refractivity contribution in [3.63, 3.8) is 0 Å². The molecule has 0 spiro atoms. The number of methoxy groups -OCH3 is 3. The molecule has 0 N–H and O–H groups in total.